The summed E-state index contributed by atoms with van der Waals surface area (Å²) in [4.78, 5) is 3.97. The molecule has 1 atom stereocenters. The van der Waals surface area contributed by atoms with Gasteiger partial charge in [-0.1, -0.05) is 6.07 Å². The van der Waals surface area contributed by atoms with Crippen molar-refractivity contribution >= 4 is 0 Å². The van der Waals surface area contributed by atoms with Crippen LogP contribution in [0.5, 0.6) is 5.88 Å². The zero-order valence-corrected chi connectivity index (χ0v) is 9.71. The van der Waals surface area contributed by atoms with Gasteiger partial charge in [-0.3, -0.25) is 0 Å². The molecular weight excluding hydrogens is 233 g/mol. The van der Waals surface area contributed by atoms with Gasteiger partial charge >= 0.3 is 6.18 Å². The number of hydrogen-bond acceptors (Lipinski definition) is 3. The van der Waals surface area contributed by atoms with E-state index in [4.69, 9.17) is 4.74 Å². The quantitative estimate of drug-likeness (QED) is 0.869. The van der Waals surface area contributed by atoms with Crippen LogP contribution in [0.2, 0.25) is 0 Å². The summed E-state index contributed by atoms with van der Waals surface area (Å²) in [7, 11) is 1.48. The Kier molecular flexibility index (Phi) is 4.74. The second kappa shape index (κ2) is 5.86. The molecule has 0 saturated carbocycles. The van der Waals surface area contributed by atoms with Gasteiger partial charge in [0.2, 0.25) is 5.88 Å². The van der Waals surface area contributed by atoms with Crippen LogP contribution in [0.25, 0.3) is 0 Å². The van der Waals surface area contributed by atoms with Crippen molar-refractivity contribution in [3.63, 3.8) is 0 Å². The lowest BCUT2D eigenvalue weighted by Crippen LogP contribution is -2.30. The third kappa shape index (κ3) is 5.04. The van der Waals surface area contributed by atoms with Crippen molar-refractivity contribution in [3.8, 4) is 5.88 Å². The average molecular weight is 248 g/mol. The van der Waals surface area contributed by atoms with E-state index in [1.807, 2.05) is 0 Å². The highest BCUT2D eigenvalue weighted by molar-refractivity contribution is 5.25. The standard InChI is InChI=1S/C11H15F3N2O/c1-8(6-11(12,13)14)16-7-9-4-3-5-15-10(9)17-2/h3-5,8,16H,6-7H2,1-2H3. The number of alkyl halides is 3. The Morgan fingerprint density at radius 1 is 1.47 bits per heavy atom. The number of halogens is 3. The summed E-state index contributed by atoms with van der Waals surface area (Å²) < 4.78 is 41.3. The Bertz CT molecular complexity index is 355. The molecule has 1 heterocycles. The van der Waals surface area contributed by atoms with Crippen LogP contribution < -0.4 is 10.1 Å². The van der Waals surface area contributed by atoms with E-state index in [0.717, 1.165) is 5.56 Å². The summed E-state index contributed by atoms with van der Waals surface area (Å²) in [6, 6.07) is 2.84. The van der Waals surface area contributed by atoms with Crippen LogP contribution in [0.3, 0.4) is 0 Å². The van der Waals surface area contributed by atoms with Crippen molar-refractivity contribution in [1.29, 1.82) is 0 Å². The van der Waals surface area contributed by atoms with Crippen LogP contribution in [-0.2, 0) is 6.54 Å². The summed E-state index contributed by atoms with van der Waals surface area (Å²) >= 11 is 0. The zero-order chi connectivity index (χ0) is 12.9. The highest BCUT2D eigenvalue weighted by Gasteiger charge is 2.29. The van der Waals surface area contributed by atoms with Gasteiger partial charge in [0, 0.05) is 24.3 Å². The number of methoxy groups -OCH3 is 1. The van der Waals surface area contributed by atoms with E-state index >= 15 is 0 Å². The van der Waals surface area contributed by atoms with Crippen molar-refractivity contribution in [2.24, 2.45) is 0 Å². The molecular formula is C11H15F3N2O. The van der Waals surface area contributed by atoms with Crippen molar-refractivity contribution in [2.45, 2.75) is 32.1 Å². The molecule has 6 heteroatoms. The summed E-state index contributed by atoms with van der Waals surface area (Å²) in [6.07, 6.45) is -3.43. The molecule has 0 fully saturated rings. The van der Waals surface area contributed by atoms with Gasteiger partial charge in [0.05, 0.1) is 13.5 Å². The second-order valence-corrected chi connectivity index (χ2v) is 3.77. The maximum absolute atomic E-state index is 12.1. The maximum Gasteiger partial charge on any atom is 0.390 e. The fourth-order valence-corrected chi connectivity index (χ4v) is 1.45. The van der Waals surface area contributed by atoms with E-state index in [9.17, 15) is 13.2 Å². The maximum atomic E-state index is 12.1. The fraction of sp³-hybridized carbons (Fsp3) is 0.545. The molecule has 0 aromatic carbocycles. The molecule has 1 N–H and O–H groups in total. The molecule has 1 rings (SSSR count). The smallest absolute Gasteiger partial charge is 0.390 e. The van der Waals surface area contributed by atoms with Crippen LogP contribution >= 0.6 is 0 Å². The molecule has 1 unspecified atom stereocenters. The van der Waals surface area contributed by atoms with Crippen LogP contribution in [0.4, 0.5) is 13.2 Å². The average Bonchev–Trinajstić information content (AvgIpc) is 2.24. The van der Waals surface area contributed by atoms with Crippen molar-refractivity contribution in [2.75, 3.05) is 7.11 Å². The molecule has 0 saturated heterocycles. The molecule has 96 valence electrons. The Morgan fingerprint density at radius 3 is 2.76 bits per heavy atom. The molecule has 17 heavy (non-hydrogen) atoms. The first-order valence-electron chi connectivity index (χ1n) is 5.20. The molecule has 0 bridgehead atoms. The van der Waals surface area contributed by atoms with E-state index in [-0.39, 0.29) is 0 Å². The molecule has 1 aromatic heterocycles. The van der Waals surface area contributed by atoms with Crippen molar-refractivity contribution in [1.82, 2.24) is 10.3 Å². The predicted octanol–water partition coefficient (Wildman–Crippen LogP) is 2.52. The van der Waals surface area contributed by atoms with E-state index in [2.05, 4.69) is 10.3 Å². The molecule has 0 amide bonds. The van der Waals surface area contributed by atoms with Crippen LogP contribution in [0, 0.1) is 0 Å². The van der Waals surface area contributed by atoms with Gasteiger partial charge in [-0.2, -0.15) is 13.2 Å². The minimum Gasteiger partial charge on any atom is -0.481 e. The summed E-state index contributed by atoms with van der Waals surface area (Å²) in [5.74, 6) is 0.430. The second-order valence-electron chi connectivity index (χ2n) is 3.77. The number of hydrogen-bond donors (Lipinski definition) is 1. The van der Waals surface area contributed by atoms with Gasteiger partial charge in [-0.15, -0.1) is 0 Å². The third-order valence-corrected chi connectivity index (χ3v) is 2.22. The zero-order valence-electron chi connectivity index (χ0n) is 9.71. The Hall–Kier alpha value is -1.30. The topological polar surface area (TPSA) is 34.1 Å². The van der Waals surface area contributed by atoms with Crippen LogP contribution in [-0.4, -0.2) is 24.3 Å². The predicted molar refractivity (Wildman–Crippen MR) is 57.8 cm³/mol. The number of pyridine rings is 1. The molecule has 0 spiro atoms. The largest absolute Gasteiger partial charge is 0.481 e. The van der Waals surface area contributed by atoms with E-state index in [1.54, 1.807) is 18.3 Å². The lowest BCUT2D eigenvalue weighted by atomic mass is 10.2. The Morgan fingerprint density at radius 2 is 2.18 bits per heavy atom. The fourth-order valence-electron chi connectivity index (χ4n) is 1.45. The Labute approximate surface area is 98.0 Å². The first-order valence-corrected chi connectivity index (χ1v) is 5.20. The Balaban J connectivity index is 2.50. The van der Waals surface area contributed by atoms with Gasteiger partial charge in [-0.25, -0.2) is 4.98 Å². The minimum absolute atomic E-state index is 0.300. The van der Waals surface area contributed by atoms with E-state index < -0.39 is 18.6 Å². The molecule has 0 aliphatic heterocycles. The van der Waals surface area contributed by atoms with Gasteiger partial charge in [-0.05, 0) is 13.0 Å². The van der Waals surface area contributed by atoms with E-state index in [0.29, 0.717) is 12.4 Å². The highest BCUT2D eigenvalue weighted by Crippen LogP contribution is 2.21. The van der Waals surface area contributed by atoms with Crippen molar-refractivity contribution in [3.05, 3.63) is 23.9 Å². The number of nitrogens with one attached hydrogen (secondary N) is 1. The monoisotopic (exact) mass is 248 g/mol. The lowest BCUT2D eigenvalue weighted by molar-refractivity contribution is -0.139. The van der Waals surface area contributed by atoms with Crippen LogP contribution in [0.1, 0.15) is 18.9 Å². The summed E-state index contributed by atoms with van der Waals surface area (Å²) in [6.45, 7) is 1.80. The van der Waals surface area contributed by atoms with Crippen LogP contribution in [0.15, 0.2) is 18.3 Å². The molecule has 0 aliphatic carbocycles. The lowest BCUT2D eigenvalue weighted by Gasteiger charge is -2.16. The first kappa shape index (κ1) is 13.8. The molecule has 3 nitrogen and oxygen atoms in total. The van der Waals surface area contributed by atoms with Gasteiger partial charge in [0.1, 0.15) is 0 Å². The SMILES string of the molecule is COc1ncccc1CNC(C)CC(F)(F)F. The molecule has 0 aliphatic rings. The number of ether oxygens (including phenoxy) is 1. The van der Waals surface area contributed by atoms with Gasteiger partial charge < -0.3 is 10.1 Å². The normalized spacial score (nSPS) is 13.5. The third-order valence-electron chi connectivity index (χ3n) is 2.22. The minimum atomic E-state index is -4.15. The first-order chi connectivity index (χ1) is 7.92. The molecule has 1 aromatic rings. The highest BCUT2D eigenvalue weighted by atomic mass is 19.4. The number of aromatic nitrogens is 1. The molecule has 0 radical (unpaired) electrons. The summed E-state index contributed by atoms with van der Waals surface area (Å²) in [5.41, 5.74) is 0.740. The van der Waals surface area contributed by atoms with Gasteiger partial charge in [0.15, 0.2) is 0 Å². The number of rotatable bonds is 5. The van der Waals surface area contributed by atoms with Crippen molar-refractivity contribution < 1.29 is 17.9 Å². The van der Waals surface area contributed by atoms with Gasteiger partial charge in [0.25, 0.3) is 0 Å². The number of nitrogens with zero attached hydrogens (tertiary/aromatic N) is 1. The van der Waals surface area contributed by atoms with E-state index in [1.165, 1.54) is 14.0 Å². The summed E-state index contributed by atoms with van der Waals surface area (Å²) in [5, 5.41) is 2.79.